The number of aromatic nitrogens is 4. The Hall–Kier alpha value is -4.81. The summed E-state index contributed by atoms with van der Waals surface area (Å²) in [4.78, 5) is 6.01. The van der Waals surface area contributed by atoms with Gasteiger partial charge in [0, 0.05) is 39.6 Å². The number of para-hydroxylation sites is 1. The largest absolute Gasteiger partial charge is 0.457 e. The average molecular weight is 623 g/mol. The van der Waals surface area contributed by atoms with Gasteiger partial charge in [-0.1, -0.05) is 38.1 Å². The number of aryl methyl sites for hydroxylation is 4. The summed E-state index contributed by atoms with van der Waals surface area (Å²) in [5.74, 6) is 2.68. The van der Waals surface area contributed by atoms with Crippen molar-refractivity contribution in [3.63, 3.8) is 0 Å². The Morgan fingerprint density at radius 2 is 1.46 bits per heavy atom. The first kappa shape index (κ1) is 29.9. The van der Waals surface area contributed by atoms with Crippen LogP contribution in [0.15, 0.2) is 102 Å². The van der Waals surface area contributed by atoms with E-state index in [0.29, 0.717) is 0 Å². The van der Waals surface area contributed by atoms with E-state index in [1.807, 2.05) is 24.4 Å². The molecule has 5 nitrogen and oxygen atoms in total. The van der Waals surface area contributed by atoms with Gasteiger partial charge in [0.05, 0.1) is 28.1 Å². The first-order chi connectivity index (χ1) is 22.2. The van der Waals surface area contributed by atoms with Crippen molar-refractivity contribution in [1.29, 1.82) is 0 Å². The molecule has 3 aromatic heterocycles. The molecule has 7 rings (SSSR count). The maximum absolute atomic E-state index is 6.57. The van der Waals surface area contributed by atoms with Gasteiger partial charge < -0.3 is 4.74 Å². The van der Waals surface area contributed by atoms with E-state index in [2.05, 4.69) is 130 Å². The van der Waals surface area contributed by atoms with E-state index in [1.54, 1.807) is 11.8 Å². The maximum Gasteiger partial charge on any atom is 0.137 e. The lowest BCUT2D eigenvalue weighted by Gasteiger charge is -2.17. The van der Waals surface area contributed by atoms with Crippen LogP contribution in [0.3, 0.4) is 0 Å². The Morgan fingerprint density at radius 1 is 0.717 bits per heavy atom. The van der Waals surface area contributed by atoms with Crippen LogP contribution in [0.1, 0.15) is 47.8 Å². The molecule has 0 N–H and O–H groups in total. The fraction of sp³-hybridized carbons (Fsp3) is 0.200. The molecule has 0 aliphatic heterocycles. The number of nitrogens with zero attached hydrogens (tertiary/aromatic N) is 4. The fourth-order valence-corrected chi connectivity index (χ4v) is 7.33. The van der Waals surface area contributed by atoms with E-state index in [9.17, 15) is 0 Å². The number of hydrogen-bond donors (Lipinski definition) is 0. The minimum absolute atomic E-state index is 0.263. The number of hydrogen-bond acceptors (Lipinski definition) is 4. The molecule has 230 valence electrons. The highest BCUT2D eigenvalue weighted by atomic mass is 32.2. The van der Waals surface area contributed by atoms with E-state index < -0.39 is 0 Å². The molecule has 0 aliphatic rings. The van der Waals surface area contributed by atoms with Crippen molar-refractivity contribution in [2.45, 2.75) is 52.4 Å². The number of thioether (sulfide) groups is 1. The Labute approximate surface area is 274 Å². The Bertz CT molecular complexity index is 2240. The highest BCUT2D eigenvalue weighted by molar-refractivity contribution is 7.98. The summed E-state index contributed by atoms with van der Waals surface area (Å²) in [6.45, 7) is 13.1. The Morgan fingerprint density at radius 3 is 2.20 bits per heavy atom. The van der Waals surface area contributed by atoms with Gasteiger partial charge in [0.25, 0.3) is 0 Å². The van der Waals surface area contributed by atoms with Gasteiger partial charge in [0.2, 0.25) is 0 Å². The third kappa shape index (κ3) is 5.17. The number of fused-ring (bicyclic) bond motifs is 3. The second-order valence-electron chi connectivity index (χ2n) is 12.4. The molecule has 0 unspecified atom stereocenters. The summed E-state index contributed by atoms with van der Waals surface area (Å²) in [5.41, 5.74) is 11.6. The van der Waals surface area contributed by atoms with Crippen molar-refractivity contribution in [1.82, 2.24) is 19.3 Å². The zero-order valence-electron chi connectivity index (χ0n) is 27.4. The smallest absolute Gasteiger partial charge is 0.137 e. The number of ether oxygens (including phenoxy) is 1. The highest BCUT2D eigenvalue weighted by Crippen LogP contribution is 2.40. The molecule has 0 fully saturated rings. The number of benzene rings is 4. The zero-order valence-corrected chi connectivity index (χ0v) is 28.2. The highest BCUT2D eigenvalue weighted by Gasteiger charge is 2.23. The molecule has 0 bridgehead atoms. The summed E-state index contributed by atoms with van der Waals surface area (Å²) < 4.78 is 10.9. The van der Waals surface area contributed by atoms with Crippen LogP contribution in [-0.4, -0.2) is 25.6 Å². The summed E-state index contributed by atoms with van der Waals surface area (Å²) in [6, 6.07) is 31.8. The minimum atomic E-state index is 0.263. The first-order valence-corrected chi connectivity index (χ1v) is 17.0. The molecule has 6 heteroatoms. The molecule has 4 aromatic carbocycles. The van der Waals surface area contributed by atoms with Gasteiger partial charge in [-0.3, -0.25) is 4.57 Å². The molecule has 0 saturated heterocycles. The predicted molar refractivity (Wildman–Crippen MR) is 192 cm³/mol. The lowest BCUT2D eigenvalue weighted by Crippen LogP contribution is -2.05. The van der Waals surface area contributed by atoms with Crippen molar-refractivity contribution < 1.29 is 4.74 Å². The second kappa shape index (κ2) is 11.8. The van der Waals surface area contributed by atoms with Gasteiger partial charge in [-0.15, -0.1) is 11.8 Å². The van der Waals surface area contributed by atoms with Crippen molar-refractivity contribution in [3.05, 3.63) is 125 Å². The Balaban J connectivity index is 1.31. The van der Waals surface area contributed by atoms with Crippen molar-refractivity contribution in [3.8, 4) is 34.1 Å². The number of pyridine rings is 1. The van der Waals surface area contributed by atoms with Crippen LogP contribution in [0, 0.1) is 27.7 Å². The van der Waals surface area contributed by atoms with E-state index >= 15 is 0 Å². The molecule has 46 heavy (non-hydrogen) atoms. The predicted octanol–water partition coefficient (Wildman–Crippen LogP) is 10.9. The molecular formula is C40H38N4OS. The molecular weight excluding hydrogens is 585 g/mol. The molecule has 0 aliphatic carbocycles. The number of rotatable bonds is 7. The maximum atomic E-state index is 6.57. The van der Waals surface area contributed by atoms with Crippen LogP contribution in [0.5, 0.6) is 11.5 Å². The normalized spacial score (nSPS) is 11.7. The molecule has 0 saturated carbocycles. The second-order valence-corrected chi connectivity index (χ2v) is 13.3. The van der Waals surface area contributed by atoms with E-state index in [0.717, 1.165) is 45.1 Å². The van der Waals surface area contributed by atoms with Crippen LogP contribution < -0.4 is 4.74 Å². The summed E-state index contributed by atoms with van der Waals surface area (Å²) >= 11 is 1.78. The van der Waals surface area contributed by atoms with Crippen LogP contribution in [0.2, 0.25) is 0 Å². The lowest BCUT2D eigenvalue weighted by molar-refractivity contribution is 0.482. The van der Waals surface area contributed by atoms with Crippen molar-refractivity contribution in [2.75, 3.05) is 6.26 Å². The van der Waals surface area contributed by atoms with Crippen LogP contribution >= 0.6 is 11.8 Å². The van der Waals surface area contributed by atoms with Gasteiger partial charge >= 0.3 is 0 Å². The summed E-state index contributed by atoms with van der Waals surface area (Å²) in [7, 11) is 0. The summed E-state index contributed by atoms with van der Waals surface area (Å²) in [6.07, 6.45) is 4.00. The standard InChI is InChI=1S/C40H38N4OS/c1-24(2)40-39(38-26(4)20-32(46-7)21-27(38)5)28(6)42-44(40)29-11-10-12-30(22-29)45-31-15-16-34-33-13-8-9-14-35(33)43(36(34)23-31)37-19-25(3)17-18-41-37/h8-24H,1-7H3. The molecule has 0 atom stereocenters. The van der Waals surface area contributed by atoms with Crippen LogP contribution in [0.25, 0.3) is 44.4 Å². The van der Waals surface area contributed by atoms with Gasteiger partial charge in [-0.25, -0.2) is 9.67 Å². The molecule has 0 radical (unpaired) electrons. The third-order valence-corrected chi connectivity index (χ3v) is 9.42. The quantitative estimate of drug-likeness (QED) is 0.166. The molecule has 7 aromatic rings. The van der Waals surface area contributed by atoms with Crippen LogP contribution in [-0.2, 0) is 0 Å². The monoisotopic (exact) mass is 622 g/mol. The van der Waals surface area contributed by atoms with Gasteiger partial charge in [-0.2, -0.15) is 5.10 Å². The van der Waals surface area contributed by atoms with E-state index in [4.69, 9.17) is 14.8 Å². The molecule has 3 heterocycles. The Kier molecular flexibility index (Phi) is 7.69. The molecule has 0 amide bonds. The topological polar surface area (TPSA) is 44.9 Å². The van der Waals surface area contributed by atoms with E-state index in [1.165, 1.54) is 43.8 Å². The SMILES string of the molecule is CSc1cc(C)c(-c2c(C)nn(-c3cccc(Oc4ccc5c6ccccc6n(-c6cc(C)ccn6)c5c4)c3)c2C(C)C)c(C)c1. The minimum Gasteiger partial charge on any atom is -0.457 e. The van der Waals surface area contributed by atoms with Gasteiger partial charge in [-0.05, 0) is 117 Å². The first-order valence-electron chi connectivity index (χ1n) is 15.7. The van der Waals surface area contributed by atoms with Crippen molar-refractivity contribution in [2.24, 2.45) is 0 Å². The third-order valence-electron chi connectivity index (χ3n) is 8.71. The van der Waals surface area contributed by atoms with Crippen molar-refractivity contribution >= 4 is 33.6 Å². The zero-order chi connectivity index (χ0) is 32.1. The fourth-order valence-electron chi connectivity index (χ4n) is 6.74. The average Bonchev–Trinajstić information content (AvgIpc) is 3.55. The van der Waals surface area contributed by atoms with Gasteiger partial charge in [0.1, 0.15) is 17.3 Å². The van der Waals surface area contributed by atoms with Crippen LogP contribution in [0.4, 0.5) is 0 Å². The molecule has 0 spiro atoms. The van der Waals surface area contributed by atoms with Gasteiger partial charge in [0.15, 0.2) is 0 Å². The van der Waals surface area contributed by atoms with E-state index in [-0.39, 0.29) is 5.92 Å². The lowest BCUT2D eigenvalue weighted by atomic mass is 9.91. The summed E-state index contributed by atoms with van der Waals surface area (Å²) in [5, 5.41) is 7.47.